The van der Waals surface area contributed by atoms with E-state index in [4.69, 9.17) is 14.2 Å². The summed E-state index contributed by atoms with van der Waals surface area (Å²) in [5.41, 5.74) is 3.88. The maximum atomic E-state index is 12.4. The predicted molar refractivity (Wildman–Crippen MR) is 137 cm³/mol. The lowest BCUT2D eigenvalue weighted by molar-refractivity contribution is 0.0696. The molecule has 0 radical (unpaired) electrons. The Morgan fingerprint density at radius 1 is 1.14 bits per heavy atom. The maximum Gasteiger partial charge on any atom is 0.337 e. The molecule has 8 nitrogen and oxygen atoms in total. The van der Waals surface area contributed by atoms with Crippen LogP contribution in [0.25, 0.3) is 33.5 Å². The number of aromatic nitrogens is 3. The van der Waals surface area contributed by atoms with Gasteiger partial charge in [-0.15, -0.1) is 0 Å². The summed E-state index contributed by atoms with van der Waals surface area (Å²) in [5, 5.41) is 11.1. The first-order valence-corrected chi connectivity index (χ1v) is 15.4. The molecule has 4 heterocycles. The monoisotopic (exact) mass is 491 g/mol. The molecule has 0 saturated carbocycles. The number of hydrogen-bond donors (Lipinski definition) is 2. The molecule has 0 fully saturated rings. The zero-order valence-corrected chi connectivity index (χ0v) is 21.1. The van der Waals surface area contributed by atoms with Gasteiger partial charge in [0.05, 0.1) is 17.0 Å². The molecule has 0 bridgehead atoms. The third kappa shape index (κ3) is 4.69. The average molecular weight is 492 g/mol. The van der Waals surface area contributed by atoms with Crippen LogP contribution in [-0.2, 0) is 11.5 Å². The number of carbonyl (C=O) groups is 1. The first kappa shape index (κ1) is 23.2. The van der Waals surface area contributed by atoms with Crippen LogP contribution in [0.3, 0.4) is 0 Å². The second-order valence-electron chi connectivity index (χ2n) is 9.83. The number of nitrogens with zero attached hydrogens (tertiary/aromatic N) is 2. The van der Waals surface area contributed by atoms with E-state index < -0.39 is 14.0 Å². The van der Waals surface area contributed by atoms with Gasteiger partial charge in [0.1, 0.15) is 25.6 Å². The Balaban J connectivity index is 1.66. The highest BCUT2D eigenvalue weighted by atomic mass is 28.3. The quantitative estimate of drug-likeness (QED) is 0.250. The van der Waals surface area contributed by atoms with Crippen LogP contribution in [0.4, 0.5) is 0 Å². The Hall–Kier alpha value is -3.56. The van der Waals surface area contributed by atoms with Gasteiger partial charge in [-0.1, -0.05) is 19.6 Å². The molecule has 0 spiro atoms. The third-order valence-corrected chi connectivity index (χ3v) is 7.80. The normalized spacial score (nSPS) is 13.3. The second kappa shape index (κ2) is 9.24. The summed E-state index contributed by atoms with van der Waals surface area (Å²) in [6.07, 6.45) is 3.56. The average Bonchev–Trinajstić information content (AvgIpc) is 3.46. The van der Waals surface area contributed by atoms with Crippen molar-refractivity contribution in [2.45, 2.75) is 32.4 Å². The summed E-state index contributed by atoms with van der Waals surface area (Å²) in [6.45, 7) is 8.71. The van der Waals surface area contributed by atoms with Crippen LogP contribution in [-0.4, -0.2) is 53.5 Å². The molecule has 5 rings (SSSR count). The number of ether oxygens (including phenoxy) is 3. The van der Waals surface area contributed by atoms with Crippen LogP contribution >= 0.6 is 0 Å². The van der Waals surface area contributed by atoms with Crippen molar-refractivity contribution in [1.29, 1.82) is 0 Å². The Bertz CT molecular complexity index is 1390. The Morgan fingerprint density at radius 2 is 1.94 bits per heavy atom. The van der Waals surface area contributed by atoms with Crippen LogP contribution in [0, 0.1) is 0 Å². The van der Waals surface area contributed by atoms with Crippen LogP contribution in [0.2, 0.25) is 25.7 Å². The molecule has 1 aromatic carbocycles. The number of benzene rings is 1. The molecular formula is C26H29N3O5Si. The molecule has 2 N–H and O–H groups in total. The number of pyridine rings is 1. The van der Waals surface area contributed by atoms with Gasteiger partial charge in [-0.2, -0.15) is 0 Å². The molecule has 0 amide bonds. The second-order valence-corrected chi connectivity index (χ2v) is 15.5. The van der Waals surface area contributed by atoms with Crippen molar-refractivity contribution in [3.63, 3.8) is 0 Å². The van der Waals surface area contributed by atoms with Crippen molar-refractivity contribution in [1.82, 2.24) is 14.5 Å². The van der Waals surface area contributed by atoms with E-state index in [2.05, 4.69) is 29.6 Å². The number of rotatable bonds is 8. The number of carboxylic acids is 1. The standard InChI is InChI=1S/C26H29N3O5Si/c1-35(2,3)13-12-32-16-29-21(18-6-8-27-25-19(18)7-9-28-25)15-20(26(30)31)24(29)17-4-5-22-23(14-17)34-11-10-33-22/h4-9,14-15H,10-13,16H2,1-3H3,(H,27,28)(H,30,31). The number of fused-ring (bicyclic) bond motifs is 2. The Morgan fingerprint density at radius 3 is 2.71 bits per heavy atom. The van der Waals surface area contributed by atoms with Gasteiger partial charge in [-0.3, -0.25) is 0 Å². The van der Waals surface area contributed by atoms with Gasteiger partial charge in [0, 0.05) is 43.6 Å². The summed E-state index contributed by atoms with van der Waals surface area (Å²) in [7, 11) is -1.28. The number of aromatic amines is 1. The summed E-state index contributed by atoms with van der Waals surface area (Å²) in [5.74, 6) is 0.261. The summed E-state index contributed by atoms with van der Waals surface area (Å²) in [6, 6.07) is 12.1. The van der Waals surface area contributed by atoms with Crippen LogP contribution in [0.1, 0.15) is 10.4 Å². The molecule has 1 aliphatic heterocycles. The fourth-order valence-electron chi connectivity index (χ4n) is 4.29. The molecule has 182 valence electrons. The smallest absolute Gasteiger partial charge is 0.337 e. The minimum Gasteiger partial charge on any atom is -0.486 e. The van der Waals surface area contributed by atoms with Crippen molar-refractivity contribution in [3.05, 3.63) is 54.4 Å². The van der Waals surface area contributed by atoms with E-state index in [1.165, 1.54) is 0 Å². The number of carboxylic acid groups (broad SMARTS) is 1. The lowest BCUT2D eigenvalue weighted by Crippen LogP contribution is -2.22. The lowest BCUT2D eigenvalue weighted by Gasteiger charge is -2.21. The van der Waals surface area contributed by atoms with Gasteiger partial charge >= 0.3 is 5.97 Å². The minimum atomic E-state index is -1.28. The van der Waals surface area contributed by atoms with E-state index in [-0.39, 0.29) is 12.3 Å². The van der Waals surface area contributed by atoms with Crippen molar-refractivity contribution in [2.75, 3.05) is 19.8 Å². The van der Waals surface area contributed by atoms with E-state index >= 15 is 0 Å². The molecule has 9 heteroatoms. The van der Waals surface area contributed by atoms with Gasteiger partial charge < -0.3 is 28.9 Å². The highest BCUT2D eigenvalue weighted by molar-refractivity contribution is 6.76. The topological polar surface area (TPSA) is 98.6 Å². The molecule has 3 aromatic heterocycles. The van der Waals surface area contributed by atoms with Crippen molar-refractivity contribution in [3.8, 4) is 34.0 Å². The molecular weight excluding hydrogens is 462 g/mol. The molecule has 0 unspecified atom stereocenters. The molecule has 35 heavy (non-hydrogen) atoms. The minimum absolute atomic E-state index is 0.200. The highest BCUT2D eigenvalue weighted by Crippen LogP contribution is 2.40. The van der Waals surface area contributed by atoms with Crippen LogP contribution in [0.5, 0.6) is 11.5 Å². The van der Waals surface area contributed by atoms with Gasteiger partial charge in [0.25, 0.3) is 0 Å². The number of hydrogen-bond acceptors (Lipinski definition) is 5. The number of H-pyrrole nitrogens is 1. The van der Waals surface area contributed by atoms with Crippen LogP contribution < -0.4 is 9.47 Å². The molecule has 0 aliphatic carbocycles. The SMILES string of the molecule is C[Si](C)(C)CCOCn1c(-c2ccnc3[nH]ccc23)cc(C(=O)O)c1-c1ccc2c(c1)OCCO2. The Labute approximate surface area is 204 Å². The fourth-order valence-corrected chi connectivity index (χ4v) is 5.05. The van der Waals surface area contributed by atoms with E-state index in [0.29, 0.717) is 37.0 Å². The zero-order valence-electron chi connectivity index (χ0n) is 20.1. The maximum absolute atomic E-state index is 12.4. The van der Waals surface area contributed by atoms with Crippen LogP contribution in [0.15, 0.2) is 48.8 Å². The molecule has 0 saturated heterocycles. The van der Waals surface area contributed by atoms with E-state index in [0.717, 1.165) is 33.9 Å². The van der Waals surface area contributed by atoms with Gasteiger partial charge in [0.2, 0.25) is 0 Å². The van der Waals surface area contributed by atoms with Crippen molar-refractivity contribution < 1.29 is 24.1 Å². The van der Waals surface area contributed by atoms with E-state index in [1.807, 2.05) is 41.1 Å². The zero-order chi connectivity index (χ0) is 24.6. The third-order valence-electron chi connectivity index (χ3n) is 6.10. The van der Waals surface area contributed by atoms with Gasteiger partial charge in [-0.25, -0.2) is 9.78 Å². The largest absolute Gasteiger partial charge is 0.486 e. The molecule has 4 aromatic rings. The fraction of sp³-hybridized carbons (Fsp3) is 0.308. The summed E-state index contributed by atoms with van der Waals surface area (Å²) >= 11 is 0. The lowest BCUT2D eigenvalue weighted by atomic mass is 10.1. The number of aromatic carboxylic acids is 1. The first-order valence-electron chi connectivity index (χ1n) is 11.7. The highest BCUT2D eigenvalue weighted by Gasteiger charge is 2.25. The molecule has 0 atom stereocenters. The van der Waals surface area contributed by atoms with Crippen molar-refractivity contribution >= 4 is 25.1 Å². The van der Waals surface area contributed by atoms with Crippen molar-refractivity contribution in [2.24, 2.45) is 0 Å². The summed E-state index contributed by atoms with van der Waals surface area (Å²) < 4.78 is 19.5. The first-order chi connectivity index (χ1) is 16.8. The predicted octanol–water partition coefficient (Wildman–Crippen LogP) is 5.48. The molecule has 1 aliphatic rings. The van der Waals surface area contributed by atoms with Gasteiger partial charge in [-0.05, 0) is 42.4 Å². The summed E-state index contributed by atoms with van der Waals surface area (Å²) in [4.78, 5) is 20.0. The Kier molecular flexibility index (Phi) is 6.12. The van der Waals surface area contributed by atoms with E-state index in [9.17, 15) is 9.90 Å². The number of nitrogens with one attached hydrogen (secondary N) is 1. The van der Waals surface area contributed by atoms with E-state index in [1.54, 1.807) is 12.3 Å². The van der Waals surface area contributed by atoms with Gasteiger partial charge in [0.15, 0.2) is 11.5 Å².